The second-order valence-electron chi connectivity index (χ2n) is 7.91. The number of ether oxygens (including phenoxy) is 1. The van der Waals surface area contributed by atoms with Gasteiger partial charge in [-0.05, 0) is 43.4 Å². The summed E-state index contributed by atoms with van der Waals surface area (Å²) < 4.78 is 31.4. The number of hydrogen-bond donors (Lipinski definition) is 0. The first-order chi connectivity index (χ1) is 14.0. The zero-order valence-corrected chi connectivity index (χ0v) is 17.3. The molecule has 2 aliphatic rings. The van der Waals surface area contributed by atoms with Gasteiger partial charge in [0.1, 0.15) is 0 Å². The van der Waals surface area contributed by atoms with Crippen LogP contribution in [0.2, 0.25) is 0 Å². The van der Waals surface area contributed by atoms with E-state index in [1.165, 1.54) is 0 Å². The molecule has 0 unspecified atom stereocenters. The van der Waals surface area contributed by atoms with Crippen molar-refractivity contribution in [2.24, 2.45) is 0 Å². The first-order valence-electron chi connectivity index (χ1n) is 10.3. The summed E-state index contributed by atoms with van der Waals surface area (Å²) in [5.74, 6) is 0.113. The smallest absolute Gasteiger partial charge is 0.233 e. The summed E-state index contributed by atoms with van der Waals surface area (Å²) in [7, 11) is -3.36. The van der Waals surface area contributed by atoms with Gasteiger partial charge in [-0.2, -0.15) is 0 Å². The van der Waals surface area contributed by atoms with Crippen LogP contribution in [0.4, 0.5) is 0 Å². The lowest BCUT2D eigenvalue weighted by atomic mass is 9.72. The maximum absolute atomic E-state index is 13.6. The van der Waals surface area contributed by atoms with E-state index in [1.807, 2.05) is 41.3 Å². The van der Waals surface area contributed by atoms with Gasteiger partial charge in [-0.25, -0.2) is 8.42 Å². The van der Waals surface area contributed by atoms with Crippen LogP contribution in [-0.2, 0) is 24.8 Å². The van der Waals surface area contributed by atoms with Crippen molar-refractivity contribution in [2.75, 3.05) is 26.3 Å². The molecule has 0 aromatic heterocycles. The Bertz CT molecular complexity index is 929. The zero-order chi connectivity index (χ0) is 20.3. The van der Waals surface area contributed by atoms with Crippen molar-refractivity contribution in [2.45, 2.75) is 41.2 Å². The van der Waals surface area contributed by atoms with Crippen LogP contribution in [0.1, 0.15) is 31.2 Å². The molecule has 0 spiro atoms. The fourth-order valence-corrected chi connectivity index (χ4v) is 6.33. The van der Waals surface area contributed by atoms with Crippen molar-refractivity contribution >= 4 is 15.7 Å². The Morgan fingerprint density at radius 2 is 1.45 bits per heavy atom. The summed E-state index contributed by atoms with van der Waals surface area (Å²) in [6, 6.07) is 18.6. The summed E-state index contributed by atoms with van der Waals surface area (Å²) in [6.45, 7) is 2.09. The van der Waals surface area contributed by atoms with Crippen molar-refractivity contribution in [3.63, 3.8) is 0 Å². The molecule has 6 heteroatoms. The molecule has 0 bridgehead atoms. The van der Waals surface area contributed by atoms with Gasteiger partial charge >= 0.3 is 0 Å². The topological polar surface area (TPSA) is 63.7 Å². The molecule has 2 heterocycles. The number of hydrogen-bond acceptors (Lipinski definition) is 4. The summed E-state index contributed by atoms with van der Waals surface area (Å²) in [5.41, 5.74) is 0.470. The van der Waals surface area contributed by atoms with Crippen molar-refractivity contribution in [1.82, 2.24) is 4.90 Å². The standard InChI is InChI=1S/C23H27NO4S/c25-22(23(13-17-28-18-14-23)19-7-3-1-4-8-19)24-15-11-21(12-16-24)29(26,27)20-9-5-2-6-10-20/h1-10,21H,11-18H2. The minimum Gasteiger partial charge on any atom is -0.381 e. The monoisotopic (exact) mass is 413 g/mol. The number of carbonyl (C=O) groups excluding carboxylic acids is 1. The molecule has 4 rings (SSSR count). The van der Waals surface area contributed by atoms with Crippen molar-refractivity contribution in [3.8, 4) is 0 Å². The van der Waals surface area contributed by atoms with Crippen molar-refractivity contribution < 1.29 is 17.9 Å². The van der Waals surface area contributed by atoms with E-state index in [9.17, 15) is 13.2 Å². The summed E-state index contributed by atoms with van der Waals surface area (Å²) in [6.07, 6.45) is 2.28. The van der Waals surface area contributed by atoms with Gasteiger partial charge < -0.3 is 9.64 Å². The molecule has 0 aliphatic carbocycles. The minimum atomic E-state index is -3.36. The Kier molecular flexibility index (Phi) is 5.74. The third-order valence-electron chi connectivity index (χ3n) is 6.32. The number of likely N-dealkylation sites (tertiary alicyclic amines) is 1. The van der Waals surface area contributed by atoms with E-state index in [2.05, 4.69) is 0 Å². The van der Waals surface area contributed by atoms with Crippen LogP contribution in [0.25, 0.3) is 0 Å². The van der Waals surface area contributed by atoms with E-state index in [0.29, 0.717) is 56.9 Å². The highest BCUT2D eigenvalue weighted by molar-refractivity contribution is 7.92. The largest absolute Gasteiger partial charge is 0.381 e. The van der Waals surface area contributed by atoms with Gasteiger partial charge in [0, 0.05) is 26.3 Å². The lowest BCUT2D eigenvalue weighted by molar-refractivity contribution is -0.142. The summed E-state index contributed by atoms with van der Waals surface area (Å²) in [4.78, 5) is 15.9. The van der Waals surface area contributed by atoms with Crippen LogP contribution in [0.3, 0.4) is 0 Å². The molecule has 2 aromatic carbocycles. The predicted octanol–water partition coefficient (Wildman–Crippen LogP) is 3.20. The highest BCUT2D eigenvalue weighted by atomic mass is 32.2. The van der Waals surface area contributed by atoms with Crippen LogP contribution in [-0.4, -0.2) is 50.8 Å². The molecular formula is C23H27NO4S. The van der Waals surface area contributed by atoms with E-state index in [4.69, 9.17) is 4.74 Å². The first kappa shape index (κ1) is 20.1. The van der Waals surface area contributed by atoms with Crippen LogP contribution >= 0.6 is 0 Å². The van der Waals surface area contributed by atoms with E-state index in [1.54, 1.807) is 24.3 Å². The van der Waals surface area contributed by atoms with E-state index in [0.717, 1.165) is 5.56 Å². The van der Waals surface area contributed by atoms with Gasteiger partial charge in [-0.15, -0.1) is 0 Å². The fraction of sp³-hybridized carbons (Fsp3) is 0.435. The third kappa shape index (κ3) is 3.83. The number of sulfone groups is 1. The van der Waals surface area contributed by atoms with E-state index in [-0.39, 0.29) is 5.91 Å². The average Bonchev–Trinajstić information content (AvgIpc) is 2.80. The molecule has 2 fully saturated rings. The summed E-state index contributed by atoms with van der Waals surface area (Å²) in [5, 5.41) is -0.434. The Morgan fingerprint density at radius 1 is 0.897 bits per heavy atom. The molecule has 0 N–H and O–H groups in total. The molecule has 0 radical (unpaired) electrons. The van der Waals surface area contributed by atoms with Gasteiger partial charge in [-0.1, -0.05) is 48.5 Å². The molecular weight excluding hydrogens is 386 g/mol. The Hall–Kier alpha value is -2.18. The predicted molar refractivity (Wildman–Crippen MR) is 111 cm³/mol. The van der Waals surface area contributed by atoms with Crippen LogP contribution in [0.5, 0.6) is 0 Å². The molecule has 2 aromatic rings. The number of nitrogens with zero attached hydrogens (tertiary/aromatic N) is 1. The van der Waals surface area contributed by atoms with Gasteiger partial charge in [-0.3, -0.25) is 4.79 Å². The second-order valence-corrected chi connectivity index (χ2v) is 10.1. The molecule has 2 aliphatic heterocycles. The molecule has 0 saturated carbocycles. The highest BCUT2D eigenvalue weighted by Crippen LogP contribution is 2.38. The van der Waals surface area contributed by atoms with Gasteiger partial charge in [0.25, 0.3) is 0 Å². The molecule has 0 atom stereocenters. The van der Waals surface area contributed by atoms with E-state index < -0.39 is 20.5 Å². The number of carbonyl (C=O) groups is 1. The minimum absolute atomic E-state index is 0.113. The maximum atomic E-state index is 13.6. The number of benzene rings is 2. The van der Waals surface area contributed by atoms with Gasteiger partial charge in [0.15, 0.2) is 9.84 Å². The van der Waals surface area contributed by atoms with Crippen molar-refractivity contribution in [3.05, 3.63) is 66.2 Å². The zero-order valence-electron chi connectivity index (χ0n) is 16.5. The highest BCUT2D eigenvalue weighted by Gasteiger charge is 2.45. The van der Waals surface area contributed by atoms with Crippen LogP contribution in [0, 0.1) is 0 Å². The van der Waals surface area contributed by atoms with E-state index >= 15 is 0 Å². The molecule has 154 valence electrons. The molecule has 5 nitrogen and oxygen atoms in total. The van der Waals surface area contributed by atoms with Gasteiger partial charge in [0.2, 0.25) is 5.91 Å². The quantitative estimate of drug-likeness (QED) is 0.772. The summed E-state index contributed by atoms with van der Waals surface area (Å²) >= 11 is 0. The lowest BCUT2D eigenvalue weighted by Gasteiger charge is -2.42. The SMILES string of the molecule is O=C(N1CCC(S(=O)(=O)c2ccccc2)CC1)C1(c2ccccc2)CCOCC1. The number of piperidine rings is 1. The Morgan fingerprint density at radius 3 is 2.03 bits per heavy atom. The number of rotatable bonds is 4. The Labute approximate surface area is 172 Å². The average molecular weight is 414 g/mol. The Balaban J connectivity index is 1.51. The lowest BCUT2D eigenvalue weighted by Crippen LogP contribution is -2.53. The van der Waals surface area contributed by atoms with Crippen LogP contribution in [0.15, 0.2) is 65.6 Å². The second kappa shape index (κ2) is 8.28. The van der Waals surface area contributed by atoms with Crippen LogP contribution < -0.4 is 0 Å². The number of amides is 1. The van der Waals surface area contributed by atoms with Crippen molar-refractivity contribution in [1.29, 1.82) is 0 Å². The first-order valence-corrected chi connectivity index (χ1v) is 11.8. The maximum Gasteiger partial charge on any atom is 0.233 e. The van der Waals surface area contributed by atoms with Gasteiger partial charge in [0.05, 0.1) is 15.6 Å². The third-order valence-corrected chi connectivity index (χ3v) is 8.60. The molecule has 29 heavy (non-hydrogen) atoms. The molecule has 1 amide bonds. The normalized spacial score (nSPS) is 20.3. The molecule has 2 saturated heterocycles. The fourth-order valence-electron chi connectivity index (χ4n) is 4.58.